The van der Waals surface area contributed by atoms with Crippen molar-refractivity contribution in [1.29, 1.82) is 0 Å². The van der Waals surface area contributed by atoms with Gasteiger partial charge in [0.2, 0.25) is 0 Å². The van der Waals surface area contributed by atoms with Gasteiger partial charge in [-0.3, -0.25) is 4.79 Å². The van der Waals surface area contributed by atoms with Gasteiger partial charge >= 0.3 is 0 Å². The summed E-state index contributed by atoms with van der Waals surface area (Å²) in [7, 11) is -1.36. The number of amides is 1. The molecule has 0 radical (unpaired) electrons. The van der Waals surface area contributed by atoms with Crippen LogP contribution in [0.25, 0.3) is 0 Å². The van der Waals surface area contributed by atoms with E-state index in [-0.39, 0.29) is 23.5 Å². The average Bonchev–Trinajstić information content (AvgIpc) is 2.37. The lowest BCUT2D eigenvalue weighted by atomic mass is 10.1. The van der Waals surface area contributed by atoms with Crippen molar-refractivity contribution in [2.45, 2.75) is 18.9 Å². The van der Waals surface area contributed by atoms with Gasteiger partial charge in [0, 0.05) is 23.8 Å². The first-order valence-electron chi connectivity index (χ1n) is 6.26. The number of rotatable bonds is 3. The Morgan fingerprint density at radius 3 is 2.90 bits per heavy atom. The quantitative estimate of drug-likeness (QED) is 0.844. The molecule has 110 valence electrons. The largest absolute Gasteiger partial charge is 0.372 e. The average molecular weight is 362 g/mol. The molecule has 1 aromatic rings. The van der Waals surface area contributed by atoms with Crippen molar-refractivity contribution in [1.82, 2.24) is 10.3 Å². The Balaban J connectivity index is 2.14. The zero-order valence-electron chi connectivity index (χ0n) is 11.0. The normalized spacial score (nSPS) is 21.2. The standard InChI is InChI=1S/C12H16BrN3O3S/c1-14-11-10(5-8(13)6-15-11)12(17)16-9-3-2-4-20(18,19)7-9/h5-6,9H,2-4,7H2,1H3,(H,14,15)(H,16,17). The molecule has 1 fully saturated rings. The molecule has 8 heteroatoms. The highest BCUT2D eigenvalue weighted by Gasteiger charge is 2.26. The fourth-order valence-electron chi connectivity index (χ4n) is 2.21. The minimum Gasteiger partial charge on any atom is -0.372 e. The van der Waals surface area contributed by atoms with Crippen LogP contribution in [0.4, 0.5) is 5.82 Å². The van der Waals surface area contributed by atoms with Crippen LogP contribution in [0.15, 0.2) is 16.7 Å². The maximum atomic E-state index is 12.2. The second-order valence-electron chi connectivity index (χ2n) is 4.73. The van der Waals surface area contributed by atoms with Crippen LogP contribution in [0.2, 0.25) is 0 Å². The van der Waals surface area contributed by atoms with Gasteiger partial charge in [0.15, 0.2) is 9.84 Å². The van der Waals surface area contributed by atoms with Crippen molar-refractivity contribution < 1.29 is 13.2 Å². The SMILES string of the molecule is CNc1ncc(Br)cc1C(=O)NC1CCCS(=O)(=O)C1. The number of anilines is 1. The molecule has 1 aliphatic rings. The van der Waals surface area contributed by atoms with E-state index in [0.717, 1.165) is 0 Å². The minimum atomic E-state index is -3.04. The third-order valence-corrected chi connectivity index (χ3v) is 5.39. The van der Waals surface area contributed by atoms with Crippen LogP contribution in [0, 0.1) is 0 Å². The first kappa shape index (κ1) is 15.2. The van der Waals surface area contributed by atoms with Crippen molar-refractivity contribution in [2.24, 2.45) is 0 Å². The number of sulfone groups is 1. The molecule has 0 aliphatic carbocycles. The summed E-state index contributed by atoms with van der Waals surface area (Å²) in [5.74, 6) is 0.365. The molecule has 0 bridgehead atoms. The summed E-state index contributed by atoms with van der Waals surface area (Å²) in [5.41, 5.74) is 0.393. The van der Waals surface area contributed by atoms with E-state index in [9.17, 15) is 13.2 Å². The van der Waals surface area contributed by atoms with Gasteiger partial charge < -0.3 is 10.6 Å². The molecule has 1 saturated heterocycles. The lowest BCUT2D eigenvalue weighted by molar-refractivity contribution is 0.0939. The van der Waals surface area contributed by atoms with Gasteiger partial charge in [0.25, 0.3) is 5.91 Å². The summed E-state index contributed by atoms with van der Waals surface area (Å²) in [6.07, 6.45) is 2.86. The van der Waals surface area contributed by atoms with Gasteiger partial charge in [-0.1, -0.05) is 0 Å². The lowest BCUT2D eigenvalue weighted by Crippen LogP contribution is -2.43. The Hall–Kier alpha value is -1.15. The van der Waals surface area contributed by atoms with E-state index in [0.29, 0.717) is 28.7 Å². The monoisotopic (exact) mass is 361 g/mol. The van der Waals surface area contributed by atoms with Crippen LogP contribution in [-0.4, -0.2) is 43.9 Å². The van der Waals surface area contributed by atoms with Crippen LogP contribution in [0.3, 0.4) is 0 Å². The Bertz CT molecular complexity index is 618. The summed E-state index contributed by atoms with van der Waals surface area (Å²) in [5, 5.41) is 5.62. The fourth-order valence-corrected chi connectivity index (χ4v) is 4.18. The molecule has 1 atom stereocenters. The number of hydrogen-bond donors (Lipinski definition) is 2. The predicted molar refractivity (Wildman–Crippen MR) is 80.6 cm³/mol. The van der Waals surface area contributed by atoms with E-state index >= 15 is 0 Å². The van der Waals surface area contributed by atoms with Gasteiger partial charge in [-0.25, -0.2) is 13.4 Å². The summed E-state index contributed by atoms with van der Waals surface area (Å²) in [6, 6.07) is 1.33. The molecule has 2 N–H and O–H groups in total. The van der Waals surface area contributed by atoms with Crippen molar-refractivity contribution in [3.8, 4) is 0 Å². The smallest absolute Gasteiger partial charge is 0.255 e. The number of hydrogen-bond acceptors (Lipinski definition) is 5. The molecule has 0 saturated carbocycles. The van der Waals surface area contributed by atoms with Crippen LogP contribution >= 0.6 is 15.9 Å². The number of nitrogens with one attached hydrogen (secondary N) is 2. The summed E-state index contributed by atoms with van der Waals surface area (Å²) >= 11 is 3.27. The van der Waals surface area contributed by atoms with Gasteiger partial charge in [-0.15, -0.1) is 0 Å². The number of pyridine rings is 1. The van der Waals surface area contributed by atoms with Crippen LogP contribution < -0.4 is 10.6 Å². The Morgan fingerprint density at radius 1 is 1.50 bits per heavy atom. The number of carbonyl (C=O) groups excluding carboxylic acids is 1. The molecule has 1 aliphatic heterocycles. The zero-order valence-corrected chi connectivity index (χ0v) is 13.4. The molecule has 1 aromatic heterocycles. The highest BCUT2D eigenvalue weighted by Crippen LogP contribution is 2.19. The second kappa shape index (κ2) is 6.09. The molecular formula is C12H16BrN3O3S. The van der Waals surface area contributed by atoms with Crippen LogP contribution in [-0.2, 0) is 9.84 Å². The number of nitrogens with zero attached hydrogens (tertiary/aromatic N) is 1. The van der Waals surface area contributed by atoms with E-state index < -0.39 is 9.84 Å². The Morgan fingerprint density at radius 2 is 2.25 bits per heavy atom. The third kappa shape index (κ3) is 3.69. The van der Waals surface area contributed by atoms with Crippen molar-refractivity contribution in [2.75, 3.05) is 23.9 Å². The number of halogens is 1. The lowest BCUT2D eigenvalue weighted by Gasteiger charge is -2.23. The maximum Gasteiger partial charge on any atom is 0.255 e. The first-order chi connectivity index (χ1) is 9.41. The van der Waals surface area contributed by atoms with Crippen molar-refractivity contribution in [3.05, 3.63) is 22.3 Å². The molecular weight excluding hydrogens is 346 g/mol. The van der Waals surface area contributed by atoms with Crippen LogP contribution in [0.5, 0.6) is 0 Å². The van der Waals surface area contributed by atoms with Gasteiger partial charge in [0.1, 0.15) is 5.82 Å². The second-order valence-corrected chi connectivity index (χ2v) is 7.87. The first-order valence-corrected chi connectivity index (χ1v) is 8.87. The van der Waals surface area contributed by atoms with Gasteiger partial charge in [-0.2, -0.15) is 0 Å². The number of aromatic nitrogens is 1. The molecule has 0 spiro atoms. The highest BCUT2D eigenvalue weighted by atomic mass is 79.9. The summed E-state index contributed by atoms with van der Waals surface area (Å²) < 4.78 is 23.8. The maximum absolute atomic E-state index is 12.2. The van der Waals surface area contributed by atoms with E-state index in [1.165, 1.54) is 0 Å². The number of carbonyl (C=O) groups is 1. The van der Waals surface area contributed by atoms with Crippen LogP contribution in [0.1, 0.15) is 23.2 Å². The van der Waals surface area contributed by atoms with Gasteiger partial charge in [0.05, 0.1) is 17.1 Å². The molecule has 1 unspecified atom stereocenters. The zero-order chi connectivity index (χ0) is 14.8. The van der Waals surface area contributed by atoms with Gasteiger partial charge in [-0.05, 0) is 34.8 Å². The van der Waals surface area contributed by atoms with E-state index in [1.807, 2.05) is 0 Å². The molecule has 2 rings (SSSR count). The summed E-state index contributed by atoms with van der Waals surface area (Å²) in [6.45, 7) is 0. The minimum absolute atomic E-state index is 0.00899. The van der Waals surface area contributed by atoms with Crippen molar-refractivity contribution in [3.63, 3.8) is 0 Å². The molecule has 6 nitrogen and oxygen atoms in total. The van der Waals surface area contributed by atoms with E-state index in [1.54, 1.807) is 19.3 Å². The fraction of sp³-hybridized carbons (Fsp3) is 0.500. The van der Waals surface area contributed by atoms with Crippen molar-refractivity contribution >= 4 is 37.5 Å². The van der Waals surface area contributed by atoms with E-state index in [2.05, 4.69) is 31.5 Å². The molecule has 0 aromatic carbocycles. The topological polar surface area (TPSA) is 88.2 Å². The Labute approximate surface area is 126 Å². The third-order valence-electron chi connectivity index (χ3n) is 3.13. The predicted octanol–water partition coefficient (Wildman–Crippen LogP) is 1.19. The summed E-state index contributed by atoms with van der Waals surface area (Å²) in [4.78, 5) is 16.4. The molecule has 20 heavy (non-hydrogen) atoms. The van der Waals surface area contributed by atoms with E-state index in [4.69, 9.17) is 0 Å². The highest BCUT2D eigenvalue weighted by molar-refractivity contribution is 9.10. The Kier molecular flexibility index (Phi) is 4.64. The molecule has 2 heterocycles. The molecule has 1 amide bonds.